The van der Waals surface area contributed by atoms with Crippen LogP contribution in [0.4, 0.5) is 0 Å². The van der Waals surface area contributed by atoms with Crippen molar-refractivity contribution >= 4 is 5.97 Å². The number of nitrogens with zero attached hydrogens (tertiary/aromatic N) is 2. The summed E-state index contributed by atoms with van der Waals surface area (Å²) >= 11 is 0. The Morgan fingerprint density at radius 1 is 1.64 bits per heavy atom. The van der Waals surface area contributed by atoms with E-state index in [4.69, 9.17) is 9.52 Å². The summed E-state index contributed by atoms with van der Waals surface area (Å²) in [6.07, 6.45) is 4.50. The topological polar surface area (TPSA) is 68.3 Å². The first-order valence-electron chi connectivity index (χ1n) is 4.03. The van der Waals surface area contributed by atoms with E-state index in [2.05, 4.69) is 4.98 Å². The van der Waals surface area contributed by atoms with Crippen LogP contribution in [0.3, 0.4) is 0 Å². The number of rotatable bonds is 3. The van der Waals surface area contributed by atoms with Crippen LogP contribution in [0.1, 0.15) is 16.2 Å². The molecular weight excluding hydrogens is 184 g/mol. The van der Waals surface area contributed by atoms with Crippen LogP contribution < -0.4 is 0 Å². The quantitative estimate of drug-likeness (QED) is 0.793. The number of carboxylic acids is 1. The molecule has 5 nitrogen and oxygen atoms in total. The lowest BCUT2D eigenvalue weighted by Gasteiger charge is -2.02. The minimum atomic E-state index is -0.946. The highest BCUT2D eigenvalue weighted by Gasteiger charge is 2.09. The molecule has 0 aromatic carbocycles. The molecule has 0 saturated heterocycles. The number of hydrogen-bond donors (Lipinski definition) is 1. The number of aromatic carboxylic acids is 1. The summed E-state index contributed by atoms with van der Waals surface area (Å²) in [7, 11) is 0. The Morgan fingerprint density at radius 3 is 3.14 bits per heavy atom. The van der Waals surface area contributed by atoms with Crippen LogP contribution in [0.15, 0.2) is 35.4 Å². The van der Waals surface area contributed by atoms with Crippen LogP contribution in [0, 0.1) is 0 Å². The summed E-state index contributed by atoms with van der Waals surface area (Å²) in [6.45, 7) is 0.408. The Balaban J connectivity index is 2.25. The summed E-state index contributed by atoms with van der Waals surface area (Å²) in [5.74, 6) is -0.946. The van der Waals surface area contributed by atoms with Gasteiger partial charge in [-0.25, -0.2) is 9.78 Å². The minimum Gasteiger partial charge on any atom is -0.477 e. The van der Waals surface area contributed by atoms with Gasteiger partial charge in [-0.1, -0.05) is 0 Å². The zero-order valence-corrected chi connectivity index (χ0v) is 7.25. The molecule has 0 amide bonds. The second-order valence-corrected chi connectivity index (χ2v) is 2.81. The Bertz CT molecular complexity index is 431. The highest BCUT2D eigenvalue weighted by Crippen LogP contribution is 2.06. The van der Waals surface area contributed by atoms with Crippen LogP contribution >= 0.6 is 0 Å². The summed E-state index contributed by atoms with van der Waals surface area (Å²) < 4.78 is 6.39. The second kappa shape index (κ2) is 3.37. The van der Waals surface area contributed by atoms with Gasteiger partial charge in [0, 0.05) is 6.20 Å². The average Bonchev–Trinajstić information content (AvgIpc) is 2.75. The molecule has 0 aliphatic carbocycles. The van der Waals surface area contributed by atoms with E-state index < -0.39 is 5.97 Å². The number of oxazole rings is 1. The molecule has 0 saturated carbocycles. The molecule has 0 aliphatic heterocycles. The van der Waals surface area contributed by atoms with Crippen LogP contribution in [-0.2, 0) is 6.54 Å². The predicted molar refractivity (Wildman–Crippen MR) is 47.0 cm³/mol. The highest BCUT2D eigenvalue weighted by molar-refractivity contribution is 5.85. The monoisotopic (exact) mass is 192 g/mol. The fourth-order valence-corrected chi connectivity index (χ4v) is 1.24. The van der Waals surface area contributed by atoms with Crippen LogP contribution in [-0.4, -0.2) is 20.6 Å². The highest BCUT2D eigenvalue weighted by atomic mass is 16.4. The van der Waals surface area contributed by atoms with Gasteiger partial charge in [-0.15, -0.1) is 0 Å². The van der Waals surface area contributed by atoms with E-state index in [1.807, 2.05) is 0 Å². The molecule has 0 spiro atoms. The van der Waals surface area contributed by atoms with Crippen molar-refractivity contribution < 1.29 is 14.3 Å². The molecule has 0 fully saturated rings. The van der Waals surface area contributed by atoms with Crippen molar-refractivity contribution in [2.45, 2.75) is 6.54 Å². The van der Waals surface area contributed by atoms with E-state index in [-0.39, 0.29) is 5.69 Å². The van der Waals surface area contributed by atoms with Gasteiger partial charge in [0.05, 0.1) is 12.2 Å². The summed E-state index contributed by atoms with van der Waals surface area (Å²) in [6, 6.07) is 3.23. The normalized spacial score (nSPS) is 10.3. The van der Waals surface area contributed by atoms with Crippen molar-refractivity contribution in [2.24, 2.45) is 0 Å². The fraction of sp³-hybridized carbons (Fsp3) is 0.111. The Kier molecular flexibility index (Phi) is 2.06. The van der Waals surface area contributed by atoms with Crippen molar-refractivity contribution in [1.82, 2.24) is 9.55 Å². The molecule has 0 atom stereocenters. The van der Waals surface area contributed by atoms with Gasteiger partial charge in [-0.3, -0.25) is 0 Å². The van der Waals surface area contributed by atoms with Crippen LogP contribution in [0.25, 0.3) is 0 Å². The van der Waals surface area contributed by atoms with Crippen molar-refractivity contribution in [1.29, 1.82) is 0 Å². The number of aromatic nitrogens is 2. The standard InChI is InChI=1S/C9H8N2O3/c12-9(13)8-2-1-3-11(8)4-7-5-14-6-10-7/h1-3,5-6H,4H2,(H,12,13). The molecule has 72 valence electrons. The first kappa shape index (κ1) is 8.55. The Morgan fingerprint density at radius 2 is 2.50 bits per heavy atom. The Hall–Kier alpha value is -2.04. The second-order valence-electron chi connectivity index (χ2n) is 2.81. The lowest BCUT2D eigenvalue weighted by atomic mass is 10.4. The molecule has 0 aliphatic rings. The molecule has 14 heavy (non-hydrogen) atoms. The lowest BCUT2D eigenvalue weighted by molar-refractivity contribution is 0.0685. The number of carboxylic acid groups (broad SMARTS) is 1. The van der Waals surface area contributed by atoms with E-state index >= 15 is 0 Å². The SMILES string of the molecule is O=C(O)c1cccn1Cc1cocn1. The zero-order chi connectivity index (χ0) is 9.97. The third-order valence-electron chi connectivity index (χ3n) is 1.86. The van der Waals surface area contributed by atoms with Crippen LogP contribution in [0.2, 0.25) is 0 Å². The van der Waals surface area contributed by atoms with Gasteiger partial charge < -0.3 is 14.1 Å². The predicted octanol–water partition coefficient (Wildman–Crippen LogP) is 1.22. The molecule has 0 bridgehead atoms. The van der Waals surface area contributed by atoms with Gasteiger partial charge in [-0.2, -0.15) is 0 Å². The van der Waals surface area contributed by atoms with Crippen molar-refractivity contribution in [3.05, 3.63) is 42.4 Å². The first-order valence-corrected chi connectivity index (χ1v) is 4.03. The largest absolute Gasteiger partial charge is 0.477 e. The van der Waals surface area contributed by atoms with E-state index in [0.29, 0.717) is 12.2 Å². The van der Waals surface area contributed by atoms with Crippen molar-refractivity contribution in [2.75, 3.05) is 0 Å². The number of hydrogen-bond acceptors (Lipinski definition) is 3. The maximum atomic E-state index is 10.7. The molecule has 2 heterocycles. The van der Waals surface area contributed by atoms with Crippen LogP contribution in [0.5, 0.6) is 0 Å². The van der Waals surface area contributed by atoms with Gasteiger partial charge in [0.2, 0.25) is 0 Å². The van der Waals surface area contributed by atoms with Gasteiger partial charge in [0.15, 0.2) is 6.39 Å². The number of carbonyl (C=O) groups is 1. The van der Waals surface area contributed by atoms with Crippen molar-refractivity contribution in [3.63, 3.8) is 0 Å². The van der Waals surface area contributed by atoms with E-state index in [0.717, 1.165) is 0 Å². The molecule has 0 radical (unpaired) electrons. The Labute approximate surface area is 79.6 Å². The molecule has 0 unspecified atom stereocenters. The molecule has 2 aromatic heterocycles. The van der Waals surface area contributed by atoms with E-state index in [9.17, 15) is 4.79 Å². The van der Waals surface area contributed by atoms with E-state index in [1.54, 1.807) is 22.9 Å². The smallest absolute Gasteiger partial charge is 0.352 e. The molecule has 2 aromatic rings. The minimum absolute atomic E-state index is 0.244. The fourth-order valence-electron chi connectivity index (χ4n) is 1.24. The maximum Gasteiger partial charge on any atom is 0.352 e. The third kappa shape index (κ3) is 1.52. The molecule has 5 heteroatoms. The van der Waals surface area contributed by atoms with Gasteiger partial charge in [0.1, 0.15) is 12.0 Å². The summed E-state index contributed by atoms with van der Waals surface area (Å²) in [4.78, 5) is 14.7. The van der Waals surface area contributed by atoms with Gasteiger partial charge in [0.25, 0.3) is 0 Å². The molecular formula is C9H8N2O3. The summed E-state index contributed by atoms with van der Waals surface area (Å²) in [5.41, 5.74) is 0.941. The molecule has 1 N–H and O–H groups in total. The van der Waals surface area contributed by atoms with Gasteiger partial charge in [-0.05, 0) is 12.1 Å². The van der Waals surface area contributed by atoms with Crippen molar-refractivity contribution in [3.8, 4) is 0 Å². The zero-order valence-electron chi connectivity index (χ0n) is 7.25. The lowest BCUT2D eigenvalue weighted by Crippen LogP contribution is -2.08. The average molecular weight is 192 g/mol. The summed E-state index contributed by atoms with van der Waals surface area (Å²) in [5, 5.41) is 8.82. The van der Waals surface area contributed by atoms with Gasteiger partial charge >= 0.3 is 5.97 Å². The van der Waals surface area contributed by atoms with E-state index in [1.165, 1.54) is 12.7 Å². The first-order chi connectivity index (χ1) is 6.77. The molecule has 2 rings (SSSR count). The maximum absolute atomic E-state index is 10.7. The third-order valence-corrected chi connectivity index (χ3v) is 1.86.